The van der Waals surface area contributed by atoms with Crippen molar-refractivity contribution in [2.24, 2.45) is 0 Å². The predicted octanol–water partition coefficient (Wildman–Crippen LogP) is 5.09. The van der Waals surface area contributed by atoms with Crippen molar-refractivity contribution in [1.82, 2.24) is 4.31 Å². The van der Waals surface area contributed by atoms with Crippen molar-refractivity contribution in [2.45, 2.75) is 37.1 Å². The third-order valence-corrected chi connectivity index (χ3v) is 7.62. The molecule has 4 rings (SSSR count). The minimum atomic E-state index is -3.56. The highest BCUT2D eigenvalue weighted by atomic mass is 32.2. The van der Waals surface area contributed by atoms with Gasteiger partial charge in [0.15, 0.2) is 0 Å². The fourth-order valence-corrected chi connectivity index (χ4v) is 5.77. The molecule has 3 nitrogen and oxygen atoms in total. The average Bonchev–Trinajstić information content (AvgIpc) is 2.71. The first-order chi connectivity index (χ1) is 13.5. The lowest BCUT2D eigenvalue weighted by Gasteiger charge is -2.39. The Labute approximate surface area is 167 Å². The lowest BCUT2D eigenvalue weighted by molar-refractivity contribution is 0.296. The number of rotatable bonds is 4. The summed E-state index contributed by atoms with van der Waals surface area (Å²) in [6.07, 6.45) is 0.824. The topological polar surface area (TPSA) is 37.4 Å². The van der Waals surface area contributed by atoms with Crippen LogP contribution in [0.15, 0.2) is 83.8 Å². The van der Waals surface area contributed by atoms with Gasteiger partial charge >= 0.3 is 0 Å². The van der Waals surface area contributed by atoms with Crippen LogP contribution in [-0.2, 0) is 16.4 Å². The molecular formula is C24H25NO2S. The molecule has 0 spiro atoms. The van der Waals surface area contributed by atoms with Crippen LogP contribution in [0, 0.1) is 6.92 Å². The molecule has 0 N–H and O–H groups in total. The number of fused-ring (bicyclic) bond motifs is 1. The molecule has 3 aromatic carbocycles. The standard InChI is InChI=1S/C24H25NO2S/c1-18-12-14-22(15-13-18)28(26,27)25-17-21(16-20-8-4-3-5-9-20)24-11-7-6-10-23(24)19(25)2/h3-15,19,21H,16-17H2,1-2H3/t19-,21-/m0/s1. The van der Waals surface area contributed by atoms with E-state index in [0.717, 1.165) is 17.5 Å². The molecular weight excluding hydrogens is 366 g/mol. The molecule has 144 valence electrons. The number of benzene rings is 3. The Hall–Kier alpha value is -2.43. The molecule has 4 heteroatoms. The Kier molecular flexibility index (Phi) is 5.09. The summed E-state index contributed by atoms with van der Waals surface area (Å²) < 4.78 is 28.6. The minimum Gasteiger partial charge on any atom is -0.207 e. The zero-order valence-corrected chi connectivity index (χ0v) is 17.1. The molecule has 0 radical (unpaired) electrons. The minimum absolute atomic E-state index is 0.134. The maximum atomic E-state index is 13.4. The largest absolute Gasteiger partial charge is 0.243 e. The lowest BCUT2D eigenvalue weighted by atomic mass is 9.83. The van der Waals surface area contributed by atoms with E-state index in [1.54, 1.807) is 16.4 Å². The van der Waals surface area contributed by atoms with E-state index in [2.05, 4.69) is 24.3 Å². The molecule has 1 aliphatic heterocycles. The molecule has 0 bridgehead atoms. The molecule has 1 heterocycles. The van der Waals surface area contributed by atoms with E-state index >= 15 is 0 Å². The van der Waals surface area contributed by atoms with Gasteiger partial charge in [0.05, 0.1) is 4.90 Å². The maximum Gasteiger partial charge on any atom is 0.243 e. The van der Waals surface area contributed by atoms with Gasteiger partial charge in [-0.1, -0.05) is 72.3 Å². The molecule has 0 amide bonds. The number of nitrogens with zero attached hydrogens (tertiary/aromatic N) is 1. The third kappa shape index (κ3) is 3.50. The lowest BCUT2D eigenvalue weighted by Crippen LogP contribution is -2.41. The summed E-state index contributed by atoms with van der Waals surface area (Å²) in [4.78, 5) is 0.364. The van der Waals surface area contributed by atoms with Crippen LogP contribution in [0.3, 0.4) is 0 Å². The Bertz CT molecular complexity index is 1060. The summed E-state index contributed by atoms with van der Waals surface area (Å²) >= 11 is 0. The van der Waals surface area contributed by atoms with Gasteiger partial charge in [-0.2, -0.15) is 4.31 Å². The van der Waals surface area contributed by atoms with E-state index < -0.39 is 10.0 Å². The Morgan fingerprint density at radius 1 is 0.857 bits per heavy atom. The molecule has 0 aliphatic carbocycles. The first kappa shape index (κ1) is 18.9. The quantitative estimate of drug-likeness (QED) is 0.621. The van der Waals surface area contributed by atoms with Crippen molar-refractivity contribution in [1.29, 1.82) is 0 Å². The molecule has 0 fully saturated rings. The number of hydrogen-bond acceptors (Lipinski definition) is 2. The van der Waals surface area contributed by atoms with Crippen LogP contribution in [0.5, 0.6) is 0 Å². The highest BCUT2D eigenvalue weighted by molar-refractivity contribution is 7.89. The SMILES string of the molecule is Cc1ccc(S(=O)(=O)N2C[C@H](Cc3ccccc3)c3ccccc3[C@@H]2C)cc1. The van der Waals surface area contributed by atoms with Gasteiger partial charge < -0.3 is 0 Å². The van der Waals surface area contributed by atoms with Gasteiger partial charge in [0.25, 0.3) is 0 Å². The highest BCUT2D eigenvalue weighted by Crippen LogP contribution is 2.40. The second-order valence-electron chi connectivity index (χ2n) is 7.58. The van der Waals surface area contributed by atoms with E-state index in [9.17, 15) is 8.42 Å². The number of sulfonamides is 1. The molecule has 28 heavy (non-hydrogen) atoms. The Morgan fingerprint density at radius 3 is 2.14 bits per heavy atom. The van der Waals surface area contributed by atoms with Crippen LogP contribution < -0.4 is 0 Å². The maximum absolute atomic E-state index is 13.4. The van der Waals surface area contributed by atoms with Gasteiger partial charge in [-0.15, -0.1) is 0 Å². The monoisotopic (exact) mass is 391 g/mol. The van der Waals surface area contributed by atoms with E-state index in [4.69, 9.17) is 0 Å². The Morgan fingerprint density at radius 2 is 1.46 bits per heavy atom. The molecule has 1 aliphatic rings. The normalized spacial score (nSPS) is 19.9. The van der Waals surface area contributed by atoms with Crippen molar-refractivity contribution in [3.63, 3.8) is 0 Å². The van der Waals surface area contributed by atoms with E-state index in [1.165, 1.54) is 11.1 Å². The van der Waals surface area contributed by atoms with Crippen molar-refractivity contribution in [3.8, 4) is 0 Å². The predicted molar refractivity (Wildman–Crippen MR) is 113 cm³/mol. The first-order valence-corrected chi connectivity index (χ1v) is 11.1. The average molecular weight is 392 g/mol. The molecule has 3 aromatic rings. The van der Waals surface area contributed by atoms with Crippen LogP contribution in [0.4, 0.5) is 0 Å². The summed E-state index contributed by atoms with van der Waals surface area (Å²) in [6.45, 7) is 4.44. The molecule has 0 saturated heterocycles. The van der Waals surface area contributed by atoms with Crippen molar-refractivity contribution in [2.75, 3.05) is 6.54 Å². The van der Waals surface area contributed by atoms with Crippen LogP contribution in [-0.4, -0.2) is 19.3 Å². The van der Waals surface area contributed by atoms with Crippen LogP contribution in [0.1, 0.15) is 41.1 Å². The van der Waals surface area contributed by atoms with E-state index in [1.807, 2.05) is 56.3 Å². The molecule has 0 saturated carbocycles. The first-order valence-electron chi connectivity index (χ1n) is 9.68. The third-order valence-electron chi connectivity index (χ3n) is 5.67. The zero-order valence-electron chi connectivity index (χ0n) is 16.2. The van der Waals surface area contributed by atoms with Crippen LogP contribution in [0.2, 0.25) is 0 Å². The summed E-state index contributed by atoms with van der Waals surface area (Å²) in [7, 11) is -3.56. The molecule has 0 aromatic heterocycles. The zero-order chi connectivity index (χ0) is 19.7. The van der Waals surface area contributed by atoms with Crippen molar-refractivity contribution >= 4 is 10.0 Å². The fourth-order valence-electron chi connectivity index (χ4n) is 4.12. The van der Waals surface area contributed by atoms with E-state index in [-0.39, 0.29) is 12.0 Å². The van der Waals surface area contributed by atoms with Gasteiger partial charge in [0.2, 0.25) is 10.0 Å². The smallest absolute Gasteiger partial charge is 0.207 e. The summed E-state index contributed by atoms with van der Waals surface area (Å²) in [5, 5.41) is 0. The van der Waals surface area contributed by atoms with Gasteiger partial charge in [-0.3, -0.25) is 0 Å². The Balaban J connectivity index is 1.74. The second-order valence-corrected chi connectivity index (χ2v) is 9.47. The second kappa shape index (κ2) is 7.53. The van der Waals surface area contributed by atoms with Gasteiger partial charge in [-0.25, -0.2) is 8.42 Å². The summed E-state index contributed by atoms with van der Waals surface area (Å²) in [5.41, 5.74) is 4.64. The summed E-state index contributed by atoms with van der Waals surface area (Å²) in [6, 6.07) is 25.5. The fraction of sp³-hybridized carbons (Fsp3) is 0.250. The number of hydrogen-bond donors (Lipinski definition) is 0. The number of aryl methyl sites for hydroxylation is 1. The molecule has 0 unspecified atom stereocenters. The summed E-state index contributed by atoms with van der Waals surface area (Å²) in [5.74, 6) is 0.134. The highest BCUT2D eigenvalue weighted by Gasteiger charge is 2.37. The van der Waals surface area contributed by atoms with Gasteiger partial charge in [-0.05, 0) is 49.1 Å². The van der Waals surface area contributed by atoms with E-state index in [0.29, 0.717) is 11.4 Å². The van der Waals surface area contributed by atoms with Gasteiger partial charge in [0, 0.05) is 18.5 Å². The molecule has 2 atom stereocenters. The van der Waals surface area contributed by atoms with Crippen molar-refractivity contribution < 1.29 is 8.42 Å². The van der Waals surface area contributed by atoms with Crippen LogP contribution in [0.25, 0.3) is 0 Å². The van der Waals surface area contributed by atoms with Crippen LogP contribution >= 0.6 is 0 Å². The van der Waals surface area contributed by atoms with Gasteiger partial charge in [0.1, 0.15) is 0 Å². The van der Waals surface area contributed by atoms with Crippen molar-refractivity contribution in [3.05, 3.63) is 101 Å².